The van der Waals surface area contributed by atoms with Crippen molar-refractivity contribution in [3.05, 3.63) is 0 Å². The molecule has 5 aliphatic rings. The number of carbonyl (C=O) groups is 2. The number of aliphatic hydroxyl groups is 2. The quantitative estimate of drug-likeness (QED) is 0.722. The van der Waals surface area contributed by atoms with Gasteiger partial charge in [0, 0.05) is 23.7 Å². The zero-order chi connectivity index (χ0) is 19.4. The molecule has 0 amide bonds. The number of fused-ring (bicyclic) bond motifs is 3. The highest BCUT2D eigenvalue weighted by atomic mass is 16.6. The highest BCUT2D eigenvalue weighted by Crippen LogP contribution is 2.77. The van der Waals surface area contributed by atoms with Gasteiger partial charge in [0.05, 0.1) is 6.10 Å². The van der Waals surface area contributed by atoms with E-state index in [2.05, 4.69) is 13.8 Å². The Balaban J connectivity index is 1.56. The lowest BCUT2D eigenvalue weighted by Gasteiger charge is -2.58. The van der Waals surface area contributed by atoms with Crippen molar-refractivity contribution in [2.45, 2.75) is 83.0 Å². The fourth-order valence-electron chi connectivity index (χ4n) is 8.55. The summed E-state index contributed by atoms with van der Waals surface area (Å²) in [6, 6.07) is 0. The monoisotopic (exact) mass is 376 g/mol. The number of Topliss-reactive ketones (excluding diaryl/α,β-unsaturated/α-hetero) is 2. The van der Waals surface area contributed by atoms with Gasteiger partial charge in [-0.05, 0) is 55.8 Å². The molecule has 2 N–H and O–H groups in total. The zero-order valence-electron chi connectivity index (χ0n) is 16.7. The van der Waals surface area contributed by atoms with Crippen molar-refractivity contribution in [1.29, 1.82) is 0 Å². The van der Waals surface area contributed by atoms with E-state index in [1.54, 1.807) is 0 Å². The fraction of sp³-hybridized carbons (Fsp3) is 0.909. The number of ether oxygens (including phenoxy) is 1. The minimum Gasteiger partial charge on any atom is -0.388 e. The first-order valence-electron chi connectivity index (χ1n) is 10.7. The zero-order valence-corrected chi connectivity index (χ0v) is 16.7. The first kappa shape index (κ1) is 18.3. The maximum absolute atomic E-state index is 12.6. The van der Waals surface area contributed by atoms with Crippen LogP contribution >= 0.6 is 0 Å². The number of epoxide rings is 1. The van der Waals surface area contributed by atoms with Gasteiger partial charge in [0.25, 0.3) is 0 Å². The van der Waals surface area contributed by atoms with E-state index in [-0.39, 0.29) is 29.0 Å². The van der Waals surface area contributed by atoms with Crippen LogP contribution in [-0.4, -0.2) is 45.7 Å². The Bertz CT molecular complexity index is 719. The van der Waals surface area contributed by atoms with E-state index in [4.69, 9.17) is 4.74 Å². The molecule has 27 heavy (non-hydrogen) atoms. The molecule has 0 bridgehead atoms. The topological polar surface area (TPSA) is 87.1 Å². The Morgan fingerprint density at radius 1 is 1.22 bits per heavy atom. The molecular formula is C22H32O5. The number of hydrogen-bond donors (Lipinski definition) is 2. The molecular weight excluding hydrogens is 344 g/mol. The molecule has 0 aromatic carbocycles. The average molecular weight is 376 g/mol. The molecule has 1 saturated heterocycles. The second kappa shape index (κ2) is 5.22. The van der Waals surface area contributed by atoms with Crippen LogP contribution in [0.4, 0.5) is 0 Å². The van der Waals surface area contributed by atoms with Crippen molar-refractivity contribution in [2.75, 3.05) is 6.61 Å². The molecule has 0 aromatic heterocycles. The predicted molar refractivity (Wildman–Crippen MR) is 97.8 cm³/mol. The van der Waals surface area contributed by atoms with Crippen LogP contribution in [0.15, 0.2) is 0 Å². The third-order valence-corrected chi connectivity index (χ3v) is 10.00. The van der Waals surface area contributed by atoms with E-state index in [1.165, 1.54) is 0 Å². The largest absolute Gasteiger partial charge is 0.388 e. The van der Waals surface area contributed by atoms with Gasteiger partial charge in [0.15, 0.2) is 5.78 Å². The minimum atomic E-state index is -1.47. The van der Waals surface area contributed by atoms with Crippen LogP contribution in [0.1, 0.15) is 65.7 Å². The van der Waals surface area contributed by atoms with Crippen molar-refractivity contribution in [1.82, 2.24) is 0 Å². The van der Waals surface area contributed by atoms with E-state index in [1.807, 2.05) is 6.92 Å². The van der Waals surface area contributed by atoms with Gasteiger partial charge >= 0.3 is 0 Å². The summed E-state index contributed by atoms with van der Waals surface area (Å²) < 4.78 is 6.52. The van der Waals surface area contributed by atoms with Crippen LogP contribution < -0.4 is 0 Å². The summed E-state index contributed by atoms with van der Waals surface area (Å²) in [5.74, 6) is 0.765. The van der Waals surface area contributed by atoms with Crippen molar-refractivity contribution in [3.63, 3.8) is 0 Å². The second-order valence-corrected chi connectivity index (χ2v) is 10.7. The Hall–Kier alpha value is -0.780. The van der Waals surface area contributed by atoms with Crippen molar-refractivity contribution >= 4 is 11.6 Å². The van der Waals surface area contributed by atoms with E-state index < -0.39 is 23.4 Å². The summed E-state index contributed by atoms with van der Waals surface area (Å²) in [6.45, 7) is 5.75. The first-order chi connectivity index (χ1) is 12.6. The summed E-state index contributed by atoms with van der Waals surface area (Å²) in [6.07, 6.45) is 5.85. The van der Waals surface area contributed by atoms with E-state index in [0.29, 0.717) is 36.9 Å². The van der Waals surface area contributed by atoms with E-state index in [9.17, 15) is 19.8 Å². The summed E-state index contributed by atoms with van der Waals surface area (Å²) in [7, 11) is 0. The molecule has 4 aliphatic carbocycles. The number of ketones is 2. The SMILES string of the molecule is C[C@H]1C[C@H]2[C@@H]3CC[C@H]4CC(=O)CC[C@]4(C)C34OC4C[C@]2(C)[C@@]1(O)C(=O)CO. The molecule has 4 saturated carbocycles. The molecule has 5 heteroatoms. The van der Waals surface area contributed by atoms with E-state index >= 15 is 0 Å². The number of carbonyl (C=O) groups excluding carboxylic acids is 2. The lowest BCUT2D eigenvalue weighted by molar-refractivity contribution is -0.170. The molecule has 5 nitrogen and oxygen atoms in total. The van der Waals surface area contributed by atoms with Crippen molar-refractivity contribution in [2.24, 2.45) is 34.5 Å². The molecule has 5 rings (SSSR count). The van der Waals surface area contributed by atoms with Gasteiger partial charge in [-0.25, -0.2) is 0 Å². The molecule has 5 fully saturated rings. The number of hydrogen-bond acceptors (Lipinski definition) is 5. The molecule has 1 spiro atoms. The summed E-state index contributed by atoms with van der Waals surface area (Å²) in [4.78, 5) is 24.7. The minimum absolute atomic E-state index is 0.0285. The van der Waals surface area contributed by atoms with Gasteiger partial charge in [-0.3, -0.25) is 9.59 Å². The van der Waals surface area contributed by atoms with Crippen molar-refractivity contribution < 1.29 is 24.5 Å². The fourth-order valence-corrected chi connectivity index (χ4v) is 8.55. The maximum atomic E-state index is 12.6. The molecule has 0 aromatic rings. The second-order valence-electron chi connectivity index (χ2n) is 10.7. The van der Waals surface area contributed by atoms with Crippen LogP contribution in [0, 0.1) is 34.5 Å². The molecule has 1 heterocycles. The van der Waals surface area contributed by atoms with Crippen LogP contribution in [0.3, 0.4) is 0 Å². The first-order valence-corrected chi connectivity index (χ1v) is 10.7. The maximum Gasteiger partial charge on any atom is 0.190 e. The standard InChI is InChI=1S/C22H32O5/c1-12-8-16-15-5-4-13-9-14(24)6-7-19(13,2)22(15)18(27-22)10-20(16,3)21(12,26)17(25)11-23/h12-13,15-16,18,23,26H,4-11H2,1-3H3/t12-,13-,15-,16-,18?,19-,20-,21-,22?/m0/s1. The molecule has 9 atom stereocenters. The number of aliphatic hydroxyl groups excluding tert-OH is 1. The van der Waals surface area contributed by atoms with Gasteiger partial charge in [0.2, 0.25) is 0 Å². The highest BCUT2D eigenvalue weighted by Gasteiger charge is 2.82. The van der Waals surface area contributed by atoms with Gasteiger partial charge in [0.1, 0.15) is 23.6 Å². The smallest absolute Gasteiger partial charge is 0.190 e. The number of rotatable bonds is 2. The lowest BCUT2D eigenvalue weighted by atomic mass is 9.44. The Morgan fingerprint density at radius 3 is 2.67 bits per heavy atom. The lowest BCUT2D eigenvalue weighted by Crippen LogP contribution is -2.64. The summed E-state index contributed by atoms with van der Waals surface area (Å²) in [5, 5.41) is 21.1. The highest BCUT2D eigenvalue weighted by molar-refractivity contribution is 5.90. The van der Waals surface area contributed by atoms with Gasteiger partial charge in [-0.1, -0.05) is 20.8 Å². The van der Waals surface area contributed by atoms with Crippen LogP contribution in [0.5, 0.6) is 0 Å². The summed E-state index contributed by atoms with van der Waals surface area (Å²) in [5.41, 5.74) is -2.16. The van der Waals surface area contributed by atoms with Crippen LogP contribution in [0.2, 0.25) is 0 Å². The van der Waals surface area contributed by atoms with Crippen LogP contribution in [-0.2, 0) is 14.3 Å². The molecule has 0 radical (unpaired) electrons. The molecule has 1 aliphatic heterocycles. The van der Waals surface area contributed by atoms with Crippen molar-refractivity contribution in [3.8, 4) is 0 Å². The van der Waals surface area contributed by atoms with Gasteiger partial charge in [-0.15, -0.1) is 0 Å². The van der Waals surface area contributed by atoms with E-state index in [0.717, 1.165) is 25.7 Å². The third-order valence-electron chi connectivity index (χ3n) is 10.00. The van der Waals surface area contributed by atoms with Gasteiger partial charge < -0.3 is 14.9 Å². The third kappa shape index (κ3) is 1.83. The van der Waals surface area contributed by atoms with Gasteiger partial charge in [-0.2, -0.15) is 0 Å². The molecule has 150 valence electrons. The van der Waals surface area contributed by atoms with Crippen LogP contribution in [0.25, 0.3) is 0 Å². The predicted octanol–water partition coefficient (Wildman–Crippen LogP) is 2.27. The Morgan fingerprint density at radius 2 is 1.96 bits per heavy atom. The Kier molecular flexibility index (Phi) is 3.53. The Labute approximate surface area is 160 Å². The molecule has 2 unspecified atom stereocenters. The summed E-state index contributed by atoms with van der Waals surface area (Å²) >= 11 is 0. The average Bonchev–Trinajstić information content (AvgIpc) is 3.31. The normalized spacial score (nSPS) is 58.7.